The molecule has 0 aliphatic rings. The fourth-order valence-corrected chi connectivity index (χ4v) is 2.16. The lowest BCUT2D eigenvalue weighted by Crippen LogP contribution is -2.29. The SMILES string of the molecule is Cc1ccc(O[C@@H](Cc2ccc(Cl)c(Cl)c2)C(=O)O)cc1. The van der Waals surface area contributed by atoms with Gasteiger partial charge in [0.25, 0.3) is 0 Å². The Morgan fingerprint density at radius 2 is 1.81 bits per heavy atom. The molecule has 0 bridgehead atoms. The van der Waals surface area contributed by atoms with E-state index in [9.17, 15) is 9.90 Å². The second-order valence-corrected chi connectivity index (χ2v) is 5.52. The molecule has 0 heterocycles. The maximum absolute atomic E-state index is 11.3. The molecule has 0 saturated carbocycles. The molecule has 0 amide bonds. The maximum atomic E-state index is 11.3. The summed E-state index contributed by atoms with van der Waals surface area (Å²) in [5.74, 6) is -0.505. The van der Waals surface area contributed by atoms with E-state index in [2.05, 4.69) is 0 Å². The van der Waals surface area contributed by atoms with Gasteiger partial charge in [-0.1, -0.05) is 47.0 Å². The van der Waals surface area contributed by atoms with Gasteiger partial charge in [0.05, 0.1) is 10.0 Å². The lowest BCUT2D eigenvalue weighted by Gasteiger charge is -2.15. The van der Waals surface area contributed by atoms with Crippen LogP contribution in [-0.2, 0) is 11.2 Å². The summed E-state index contributed by atoms with van der Waals surface area (Å²) in [6, 6.07) is 12.3. The summed E-state index contributed by atoms with van der Waals surface area (Å²) in [5.41, 5.74) is 1.84. The van der Waals surface area contributed by atoms with Gasteiger partial charge in [0.1, 0.15) is 5.75 Å². The Hall–Kier alpha value is -1.71. The molecule has 2 rings (SSSR count). The molecule has 2 aromatic carbocycles. The minimum absolute atomic E-state index is 0.208. The number of aryl methyl sites for hydroxylation is 1. The third kappa shape index (κ3) is 4.38. The van der Waals surface area contributed by atoms with Crippen LogP contribution < -0.4 is 4.74 Å². The van der Waals surface area contributed by atoms with E-state index in [-0.39, 0.29) is 6.42 Å². The van der Waals surface area contributed by atoms with E-state index >= 15 is 0 Å². The fourth-order valence-electron chi connectivity index (χ4n) is 1.84. The van der Waals surface area contributed by atoms with Crippen molar-refractivity contribution >= 4 is 29.2 Å². The topological polar surface area (TPSA) is 46.5 Å². The number of carboxylic acid groups (broad SMARTS) is 1. The molecule has 1 atom stereocenters. The van der Waals surface area contributed by atoms with Crippen LogP contribution in [0.25, 0.3) is 0 Å². The van der Waals surface area contributed by atoms with Crippen LogP contribution in [0.2, 0.25) is 10.0 Å². The van der Waals surface area contributed by atoms with Crippen molar-refractivity contribution < 1.29 is 14.6 Å². The molecular formula is C16H14Cl2O3. The summed E-state index contributed by atoms with van der Waals surface area (Å²) < 4.78 is 5.53. The number of halogens is 2. The lowest BCUT2D eigenvalue weighted by atomic mass is 10.1. The van der Waals surface area contributed by atoms with Crippen LogP contribution in [0.5, 0.6) is 5.75 Å². The summed E-state index contributed by atoms with van der Waals surface area (Å²) in [6.07, 6.45) is -0.773. The molecule has 3 nitrogen and oxygen atoms in total. The molecular weight excluding hydrogens is 311 g/mol. The molecule has 0 saturated heterocycles. The van der Waals surface area contributed by atoms with Crippen molar-refractivity contribution in [3.05, 3.63) is 63.6 Å². The van der Waals surface area contributed by atoms with Gasteiger partial charge in [-0.25, -0.2) is 4.79 Å². The molecule has 110 valence electrons. The van der Waals surface area contributed by atoms with Gasteiger partial charge in [-0.2, -0.15) is 0 Å². The van der Waals surface area contributed by atoms with Crippen LogP contribution in [0.1, 0.15) is 11.1 Å². The number of hydrogen-bond acceptors (Lipinski definition) is 2. The number of ether oxygens (including phenoxy) is 1. The van der Waals surface area contributed by atoms with Crippen molar-refractivity contribution in [1.82, 2.24) is 0 Å². The number of benzene rings is 2. The van der Waals surface area contributed by atoms with E-state index in [1.807, 2.05) is 19.1 Å². The van der Waals surface area contributed by atoms with Crippen LogP contribution in [0.15, 0.2) is 42.5 Å². The molecule has 5 heteroatoms. The first kappa shape index (κ1) is 15.7. The monoisotopic (exact) mass is 324 g/mol. The first-order chi connectivity index (χ1) is 9.95. The maximum Gasteiger partial charge on any atom is 0.345 e. The van der Waals surface area contributed by atoms with Crippen LogP contribution in [0.4, 0.5) is 0 Å². The Labute approximate surface area is 133 Å². The quantitative estimate of drug-likeness (QED) is 0.887. The molecule has 0 aliphatic carbocycles. The Balaban J connectivity index is 2.13. The lowest BCUT2D eigenvalue weighted by molar-refractivity contribution is -0.145. The highest BCUT2D eigenvalue weighted by molar-refractivity contribution is 6.42. The highest BCUT2D eigenvalue weighted by Gasteiger charge is 2.20. The van der Waals surface area contributed by atoms with E-state index in [1.54, 1.807) is 30.3 Å². The minimum Gasteiger partial charge on any atom is -0.478 e. The summed E-state index contributed by atoms with van der Waals surface area (Å²) in [7, 11) is 0. The predicted molar refractivity (Wildman–Crippen MR) is 83.4 cm³/mol. The Morgan fingerprint density at radius 1 is 1.14 bits per heavy atom. The van der Waals surface area contributed by atoms with Crippen molar-refractivity contribution in [2.24, 2.45) is 0 Å². The molecule has 0 aromatic heterocycles. The van der Waals surface area contributed by atoms with Crippen LogP contribution in [-0.4, -0.2) is 17.2 Å². The summed E-state index contributed by atoms with van der Waals surface area (Å²) >= 11 is 11.8. The van der Waals surface area contributed by atoms with E-state index < -0.39 is 12.1 Å². The summed E-state index contributed by atoms with van der Waals surface area (Å²) in [6.45, 7) is 1.95. The molecule has 0 fully saturated rings. The smallest absolute Gasteiger partial charge is 0.345 e. The van der Waals surface area contributed by atoms with Crippen LogP contribution in [0.3, 0.4) is 0 Å². The van der Waals surface area contributed by atoms with Gasteiger partial charge in [-0.05, 0) is 36.8 Å². The zero-order chi connectivity index (χ0) is 15.4. The van der Waals surface area contributed by atoms with Crippen molar-refractivity contribution in [1.29, 1.82) is 0 Å². The minimum atomic E-state index is -1.03. The summed E-state index contributed by atoms with van der Waals surface area (Å²) in [5, 5.41) is 10.1. The van der Waals surface area contributed by atoms with Gasteiger partial charge < -0.3 is 9.84 Å². The second-order valence-electron chi connectivity index (χ2n) is 4.71. The Kier molecular flexibility index (Phi) is 5.10. The van der Waals surface area contributed by atoms with E-state index in [1.165, 1.54) is 0 Å². The molecule has 1 N–H and O–H groups in total. The molecule has 0 spiro atoms. The number of carbonyl (C=O) groups is 1. The van der Waals surface area contributed by atoms with Crippen molar-refractivity contribution in [2.45, 2.75) is 19.4 Å². The molecule has 21 heavy (non-hydrogen) atoms. The van der Waals surface area contributed by atoms with Crippen molar-refractivity contribution in [3.8, 4) is 5.75 Å². The van der Waals surface area contributed by atoms with Gasteiger partial charge in [-0.15, -0.1) is 0 Å². The Morgan fingerprint density at radius 3 is 2.38 bits per heavy atom. The number of hydrogen-bond donors (Lipinski definition) is 1. The van der Waals surface area contributed by atoms with Crippen LogP contribution in [0, 0.1) is 6.92 Å². The average molecular weight is 325 g/mol. The molecule has 0 radical (unpaired) electrons. The van der Waals surface area contributed by atoms with Gasteiger partial charge in [0.15, 0.2) is 6.10 Å². The normalized spacial score (nSPS) is 12.0. The molecule has 2 aromatic rings. The van der Waals surface area contributed by atoms with Crippen LogP contribution >= 0.6 is 23.2 Å². The van der Waals surface area contributed by atoms with E-state index in [0.717, 1.165) is 11.1 Å². The number of carboxylic acids is 1. The van der Waals surface area contributed by atoms with E-state index in [4.69, 9.17) is 27.9 Å². The second kappa shape index (κ2) is 6.83. The first-order valence-electron chi connectivity index (χ1n) is 6.36. The largest absolute Gasteiger partial charge is 0.478 e. The van der Waals surface area contributed by atoms with Crippen molar-refractivity contribution in [2.75, 3.05) is 0 Å². The highest BCUT2D eigenvalue weighted by atomic mass is 35.5. The fraction of sp³-hybridized carbons (Fsp3) is 0.188. The summed E-state index contributed by atoms with van der Waals surface area (Å²) in [4.78, 5) is 11.3. The highest BCUT2D eigenvalue weighted by Crippen LogP contribution is 2.24. The zero-order valence-corrected chi connectivity index (χ0v) is 12.9. The third-order valence-corrected chi connectivity index (χ3v) is 3.72. The third-order valence-electron chi connectivity index (χ3n) is 2.98. The first-order valence-corrected chi connectivity index (χ1v) is 7.11. The Bertz CT molecular complexity index is 638. The predicted octanol–water partition coefficient (Wildman–Crippen LogP) is 4.38. The van der Waals surface area contributed by atoms with Gasteiger partial charge in [-0.3, -0.25) is 0 Å². The van der Waals surface area contributed by atoms with Crippen molar-refractivity contribution in [3.63, 3.8) is 0 Å². The zero-order valence-electron chi connectivity index (χ0n) is 11.3. The molecule has 0 aliphatic heterocycles. The van der Waals surface area contributed by atoms with E-state index in [0.29, 0.717) is 15.8 Å². The number of aliphatic carboxylic acids is 1. The van der Waals surface area contributed by atoms with Gasteiger partial charge in [0.2, 0.25) is 0 Å². The standard InChI is InChI=1S/C16H14Cl2O3/c1-10-2-5-12(6-3-10)21-15(16(19)20)9-11-4-7-13(17)14(18)8-11/h2-8,15H,9H2,1H3,(H,19,20)/t15-/m0/s1. The number of rotatable bonds is 5. The van der Waals surface area contributed by atoms with Gasteiger partial charge >= 0.3 is 5.97 Å². The van der Waals surface area contributed by atoms with Gasteiger partial charge in [0, 0.05) is 6.42 Å². The average Bonchev–Trinajstić information content (AvgIpc) is 2.44. The molecule has 0 unspecified atom stereocenters.